The van der Waals surface area contributed by atoms with Crippen molar-refractivity contribution in [1.82, 2.24) is 0 Å². The molecule has 0 fully saturated rings. The molecule has 2 heteroatoms. The van der Waals surface area contributed by atoms with Crippen molar-refractivity contribution < 1.29 is 0 Å². The average Bonchev–Trinajstić information content (AvgIpc) is 2.75. The molecule has 0 nitrogen and oxygen atoms in total. The van der Waals surface area contributed by atoms with Gasteiger partial charge in [-0.2, -0.15) is 0 Å². The fourth-order valence-electron chi connectivity index (χ4n) is 4.19. The van der Waals surface area contributed by atoms with Crippen molar-refractivity contribution >= 4 is 42.0 Å². The van der Waals surface area contributed by atoms with E-state index in [1.807, 2.05) is 0 Å². The average molecular weight is 475 g/mol. The van der Waals surface area contributed by atoms with Gasteiger partial charge in [0.1, 0.15) is 0 Å². The fraction of sp³-hybridized carbons (Fsp3) is 0.143. The maximum absolute atomic E-state index is 4.55. The van der Waals surface area contributed by atoms with Gasteiger partial charge in [0.15, 0.2) is 0 Å². The molecule has 0 saturated carbocycles. The summed E-state index contributed by atoms with van der Waals surface area (Å²) >= 11 is 4.55. The van der Waals surface area contributed by atoms with Crippen molar-refractivity contribution in [2.45, 2.75) is 27.7 Å². The Hall–Kier alpha value is -2.21. The van der Waals surface area contributed by atoms with Crippen molar-refractivity contribution in [1.29, 1.82) is 0 Å². The molecule has 0 spiro atoms. The Labute approximate surface area is 188 Å². The molecule has 0 amide bonds. The molecule has 0 heterocycles. The first kappa shape index (κ1) is 21.0. The van der Waals surface area contributed by atoms with Crippen LogP contribution in [0.3, 0.4) is 0 Å². The molecule has 0 atom stereocenters. The van der Waals surface area contributed by atoms with Gasteiger partial charge in [-0.15, -0.1) is 0 Å². The molecule has 0 N–H and O–H groups in total. The minimum absolute atomic E-state index is 1.27. The number of rotatable bonds is 4. The predicted octanol–water partition coefficient (Wildman–Crippen LogP) is 6.39. The fourth-order valence-corrected chi connectivity index (χ4v) is 11.7. The Kier molecular flexibility index (Phi) is 5.47. The van der Waals surface area contributed by atoms with E-state index in [-0.39, 0.29) is 0 Å². The molecule has 152 valence electrons. The van der Waals surface area contributed by atoms with Crippen LogP contribution in [-0.2, 0) is 0 Å². The van der Waals surface area contributed by atoms with Crippen molar-refractivity contribution in [3.05, 3.63) is 119 Å². The molecule has 4 aromatic carbocycles. The molecule has 30 heavy (non-hydrogen) atoms. The second-order valence-electron chi connectivity index (χ2n) is 8.35. The molecule has 0 aliphatic rings. The summed E-state index contributed by atoms with van der Waals surface area (Å²) in [5.74, 6) is 0. The van der Waals surface area contributed by atoms with Crippen LogP contribution in [-0.4, -0.2) is 0 Å². The van der Waals surface area contributed by atoms with Gasteiger partial charge < -0.3 is 0 Å². The first-order valence-electron chi connectivity index (χ1n) is 10.3. The van der Waals surface area contributed by atoms with Gasteiger partial charge in [0.05, 0.1) is 0 Å². The van der Waals surface area contributed by atoms with Crippen LogP contribution in [0.4, 0.5) is 0 Å². The van der Waals surface area contributed by atoms with Crippen LogP contribution in [0.25, 0.3) is 0 Å². The summed E-state index contributed by atoms with van der Waals surface area (Å²) in [6, 6.07) is 36.3. The van der Waals surface area contributed by atoms with E-state index in [4.69, 9.17) is 0 Å². The van der Waals surface area contributed by atoms with E-state index in [1.54, 1.807) is 0 Å². The van der Waals surface area contributed by atoms with Gasteiger partial charge in [-0.25, -0.2) is 0 Å². The normalized spacial score (nSPS) is 12.9. The van der Waals surface area contributed by atoms with Gasteiger partial charge in [0, 0.05) is 0 Å². The summed E-state index contributed by atoms with van der Waals surface area (Å²) in [6.07, 6.45) is 0. The first-order valence-corrected chi connectivity index (χ1v) is 14.6. The molecule has 0 unspecified atom stereocenters. The van der Waals surface area contributed by atoms with Gasteiger partial charge in [0.2, 0.25) is 0 Å². The molecule has 0 saturated heterocycles. The molecule has 0 aliphatic carbocycles. The second-order valence-corrected chi connectivity index (χ2v) is 16.7. The number of benzene rings is 4. The monoisotopic (exact) mass is 474 g/mol. The topological polar surface area (TPSA) is 0 Å². The Balaban J connectivity index is 2.20. The first-order chi connectivity index (χ1) is 14.3. The minimum atomic E-state index is -3.10. The van der Waals surface area contributed by atoms with E-state index in [0.717, 1.165) is 0 Å². The van der Waals surface area contributed by atoms with Crippen LogP contribution in [0, 0.1) is 27.7 Å². The molecular formula is C28H28BrP. The molecule has 0 aliphatic heterocycles. The molecule has 0 radical (unpaired) electrons. The third-order valence-corrected chi connectivity index (χ3v) is 16.1. The summed E-state index contributed by atoms with van der Waals surface area (Å²) in [7, 11) is 0. The van der Waals surface area contributed by atoms with Crippen LogP contribution in [0.1, 0.15) is 22.3 Å². The number of aryl methyl sites for hydroxylation is 4. The molecule has 4 rings (SSSR count). The van der Waals surface area contributed by atoms with Crippen molar-refractivity contribution in [3.8, 4) is 0 Å². The van der Waals surface area contributed by atoms with Crippen LogP contribution in [0.15, 0.2) is 97.1 Å². The Morgan fingerprint density at radius 2 is 0.533 bits per heavy atom. The maximum atomic E-state index is 4.55. The zero-order chi connectivity index (χ0) is 21.4. The van der Waals surface area contributed by atoms with Crippen molar-refractivity contribution in [2.24, 2.45) is 0 Å². The molecular weight excluding hydrogens is 447 g/mol. The zero-order valence-electron chi connectivity index (χ0n) is 18.1. The quantitative estimate of drug-likeness (QED) is 0.300. The number of halogens is 1. The van der Waals surface area contributed by atoms with Gasteiger partial charge in [0.25, 0.3) is 0 Å². The third-order valence-electron chi connectivity index (χ3n) is 6.08. The van der Waals surface area contributed by atoms with E-state index in [1.165, 1.54) is 43.5 Å². The van der Waals surface area contributed by atoms with Crippen molar-refractivity contribution in [3.63, 3.8) is 0 Å². The number of hydrogen-bond donors (Lipinski definition) is 0. The van der Waals surface area contributed by atoms with Gasteiger partial charge >= 0.3 is 189 Å². The summed E-state index contributed by atoms with van der Waals surface area (Å²) in [4.78, 5) is 0. The molecule has 4 aromatic rings. The summed E-state index contributed by atoms with van der Waals surface area (Å²) in [5.41, 5.74) is 5.09. The molecule has 0 aromatic heterocycles. The summed E-state index contributed by atoms with van der Waals surface area (Å²) in [6.45, 7) is 8.60. The second kappa shape index (κ2) is 7.80. The van der Waals surface area contributed by atoms with Gasteiger partial charge in [-0.05, 0) is 0 Å². The summed E-state index contributed by atoms with van der Waals surface area (Å²) < 4.78 is 0. The zero-order valence-corrected chi connectivity index (χ0v) is 20.5. The van der Waals surface area contributed by atoms with Crippen LogP contribution in [0.2, 0.25) is 0 Å². The molecule has 0 bridgehead atoms. The Morgan fingerprint density at radius 1 is 0.367 bits per heavy atom. The predicted molar refractivity (Wildman–Crippen MR) is 139 cm³/mol. The van der Waals surface area contributed by atoms with E-state index >= 15 is 0 Å². The van der Waals surface area contributed by atoms with Crippen molar-refractivity contribution in [2.75, 3.05) is 0 Å². The third kappa shape index (κ3) is 3.25. The standard InChI is InChI=1S/C28H28BrP/c1-21-5-13-25(14-6-21)30(29,26-15-7-22(2)8-16-26,27-17-9-23(3)10-18-27)28-19-11-24(4)12-20-28/h5-20H,1-4H3. The van der Waals surface area contributed by atoms with E-state index in [0.29, 0.717) is 0 Å². The summed E-state index contributed by atoms with van der Waals surface area (Å²) in [5, 5.41) is 2.19. The Morgan fingerprint density at radius 3 is 0.700 bits per heavy atom. The SMILES string of the molecule is Cc1ccc(P(Br)(c2ccc(C)cc2)(c2ccc(C)cc2)c2ccc(C)cc2)cc1. The van der Waals surface area contributed by atoms with E-state index < -0.39 is 5.31 Å². The van der Waals surface area contributed by atoms with Crippen LogP contribution < -0.4 is 21.2 Å². The van der Waals surface area contributed by atoms with E-state index in [9.17, 15) is 0 Å². The van der Waals surface area contributed by atoms with E-state index in [2.05, 4.69) is 140 Å². The number of hydrogen-bond acceptors (Lipinski definition) is 0. The van der Waals surface area contributed by atoms with Gasteiger partial charge in [-0.1, -0.05) is 0 Å². The van der Waals surface area contributed by atoms with Crippen LogP contribution >= 0.6 is 20.8 Å². The Bertz CT molecular complexity index is 962. The van der Waals surface area contributed by atoms with Gasteiger partial charge in [-0.3, -0.25) is 0 Å². The van der Waals surface area contributed by atoms with Crippen LogP contribution in [0.5, 0.6) is 0 Å².